The van der Waals surface area contributed by atoms with Gasteiger partial charge in [0, 0.05) is 30.9 Å². The van der Waals surface area contributed by atoms with E-state index in [1.165, 1.54) is 5.56 Å². The molecule has 18 heavy (non-hydrogen) atoms. The molecule has 0 unspecified atom stereocenters. The van der Waals surface area contributed by atoms with Gasteiger partial charge in [-0.05, 0) is 30.0 Å². The number of hydrogen-bond donors (Lipinski definition) is 2. The van der Waals surface area contributed by atoms with Crippen molar-refractivity contribution in [3.63, 3.8) is 0 Å². The highest BCUT2D eigenvalue weighted by molar-refractivity contribution is 5.19. The molecule has 0 atom stereocenters. The van der Waals surface area contributed by atoms with Gasteiger partial charge in [-0.25, -0.2) is 0 Å². The Morgan fingerprint density at radius 2 is 1.94 bits per heavy atom. The zero-order chi connectivity index (χ0) is 13.6. The normalized spacial score (nSPS) is 12.7. The smallest absolute Gasteiger partial charge is 0.0305 e. The maximum Gasteiger partial charge on any atom is 0.0305 e. The summed E-state index contributed by atoms with van der Waals surface area (Å²) in [6.07, 6.45) is 4.82. The van der Waals surface area contributed by atoms with Gasteiger partial charge < -0.3 is 11.1 Å². The fraction of sp³-hybridized carbons (Fsp3) is 0.667. The first-order chi connectivity index (χ1) is 8.37. The van der Waals surface area contributed by atoms with E-state index in [9.17, 15) is 0 Å². The quantitative estimate of drug-likeness (QED) is 0.780. The second-order valence-corrected chi connectivity index (χ2v) is 6.43. The van der Waals surface area contributed by atoms with Crippen LogP contribution in [0.4, 0.5) is 0 Å². The standard InChI is InChI=1S/C15H27N3/c1-14(2,7-8-16)11-18-12-15(3,4)13-6-5-9-17-10-13/h5-6,9-10,18H,7-8,11-12,16H2,1-4H3. The molecule has 1 rings (SSSR count). The van der Waals surface area contributed by atoms with Gasteiger partial charge >= 0.3 is 0 Å². The monoisotopic (exact) mass is 249 g/mol. The maximum absolute atomic E-state index is 5.63. The van der Waals surface area contributed by atoms with Crippen molar-refractivity contribution in [1.29, 1.82) is 0 Å². The average molecular weight is 249 g/mol. The highest BCUT2D eigenvalue weighted by Gasteiger charge is 2.22. The van der Waals surface area contributed by atoms with Crippen molar-refractivity contribution in [3.05, 3.63) is 30.1 Å². The fourth-order valence-corrected chi connectivity index (χ4v) is 2.06. The summed E-state index contributed by atoms with van der Waals surface area (Å²) < 4.78 is 0. The van der Waals surface area contributed by atoms with Crippen LogP contribution in [0.3, 0.4) is 0 Å². The van der Waals surface area contributed by atoms with Crippen LogP contribution in [-0.2, 0) is 5.41 Å². The van der Waals surface area contributed by atoms with E-state index in [4.69, 9.17) is 5.73 Å². The lowest BCUT2D eigenvalue weighted by molar-refractivity contribution is 0.305. The minimum absolute atomic E-state index is 0.104. The Morgan fingerprint density at radius 1 is 1.22 bits per heavy atom. The minimum Gasteiger partial charge on any atom is -0.330 e. The van der Waals surface area contributed by atoms with Crippen LogP contribution in [0.5, 0.6) is 0 Å². The molecule has 0 saturated heterocycles. The van der Waals surface area contributed by atoms with Crippen LogP contribution in [0.25, 0.3) is 0 Å². The van der Waals surface area contributed by atoms with Crippen molar-refractivity contribution in [2.45, 2.75) is 39.5 Å². The molecule has 3 heteroatoms. The third-order valence-corrected chi connectivity index (χ3v) is 3.43. The number of hydrogen-bond acceptors (Lipinski definition) is 3. The van der Waals surface area contributed by atoms with Crippen molar-refractivity contribution < 1.29 is 0 Å². The molecule has 1 aromatic rings. The number of nitrogens with zero attached hydrogens (tertiary/aromatic N) is 1. The van der Waals surface area contributed by atoms with Crippen LogP contribution in [-0.4, -0.2) is 24.6 Å². The highest BCUT2D eigenvalue weighted by Crippen LogP contribution is 2.22. The lowest BCUT2D eigenvalue weighted by atomic mass is 9.84. The highest BCUT2D eigenvalue weighted by atomic mass is 14.9. The first-order valence-corrected chi connectivity index (χ1v) is 6.69. The lowest BCUT2D eigenvalue weighted by Gasteiger charge is -2.29. The van der Waals surface area contributed by atoms with E-state index in [0.29, 0.717) is 0 Å². The molecule has 0 bridgehead atoms. The second-order valence-electron chi connectivity index (χ2n) is 6.43. The van der Waals surface area contributed by atoms with Gasteiger partial charge in [-0.2, -0.15) is 0 Å². The number of rotatable bonds is 7. The van der Waals surface area contributed by atoms with Gasteiger partial charge in [0.05, 0.1) is 0 Å². The van der Waals surface area contributed by atoms with E-state index in [2.05, 4.69) is 44.1 Å². The van der Waals surface area contributed by atoms with Crippen molar-refractivity contribution in [3.8, 4) is 0 Å². The summed E-state index contributed by atoms with van der Waals surface area (Å²) >= 11 is 0. The summed E-state index contributed by atoms with van der Waals surface area (Å²) in [6, 6.07) is 4.13. The first-order valence-electron chi connectivity index (χ1n) is 6.69. The number of nitrogens with two attached hydrogens (primary N) is 1. The van der Waals surface area contributed by atoms with Crippen LogP contribution in [0.2, 0.25) is 0 Å². The van der Waals surface area contributed by atoms with Crippen LogP contribution in [0.15, 0.2) is 24.5 Å². The molecule has 0 fully saturated rings. The van der Waals surface area contributed by atoms with Crippen molar-refractivity contribution in [2.24, 2.45) is 11.1 Å². The summed E-state index contributed by atoms with van der Waals surface area (Å²) in [6.45, 7) is 11.7. The van der Waals surface area contributed by atoms with Gasteiger partial charge in [0.2, 0.25) is 0 Å². The van der Waals surface area contributed by atoms with Gasteiger partial charge in [0.25, 0.3) is 0 Å². The first kappa shape index (κ1) is 15.1. The summed E-state index contributed by atoms with van der Waals surface area (Å²) in [7, 11) is 0. The molecule has 3 nitrogen and oxygen atoms in total. The van der Waals surface area contributed by atoms with Gasteiger partial charge in [-0.15, -0.1) is 0 Å². The van der Waals surface area contributed by atoms with Gasteiger partial charge in [-0.3, -0.25) is 4.98 Å². The zero-order valence-electron chi connectivity index (χ0n) is 12.2. The molecular weight excluding hydrogens is 222 g/mol. The summed E-state index contributed by atoms with van der Waals surface area (Å²) in [5.74, 6) is 0. The number of nitrogens with one attached hydrogen (secondary N) is 1. The van der Waals surface area contributed by atoms with Gasteiger partial charge in [0.1, 0.15) is 0 Å². The zero-order valence-corrected chi connectivity index (χ0v) is 12.2. The molecule has 0 aromatic carbocycles. The third kappa shape index (κ3) is 4.75. The van der Waals surface area contributed by atoms with Crippen molar-refractivity contribution >= 4 is 0 Å². The Kier molecular flexibility index (Phi) is 5.29. The fourth-order valence-electron chi connectivity index (χ4n) is 2.06. The van der Waals surface area contributed by atoms with Crippen LogP contribution < -0.4 is 11.1 Å². The Morgan fingerprint density at radius 3 is 2.50 bits per heavy atom. The molecule has 102 valence electrons. The largest absolute Gasteiger partial charge is 0.330 e. The topological polar surface area (TPSA) is 50.9 Å². The number of pyridine rings is 1. The molecule has 1 aromatic heterocycles. The summed E-state index contributed by atoms with van der Waals surface area (Å²) in [5, 5.41) is 3.57. The Balaban J connectivity index is 2.48. The molecule has 0 amide bonds. The predicted molar refractivity (Wildman–Crippen MR) is 77.6 cm³/mol. The van der Waals surface area contributed by atoms with Crippen LogP contribution in [0, 0.1) is 5.41 Å². The molecule has 0 aliphatic carbocycles. The Bertz CT molecular complexity index is 344. The van der Waals surface area contributed by atoms with E-state index in [-0.39, 0.29) is 10.8 Å². The van der Waals surface area contributed by atoms with E-state index in [1.54, 1.807) is 0 Å². The van der Waals surface area contributed by atoms with Crippen LogP contribution >= 0.6 is 0 Å². The summed E-state index contributed by atoms with van der Waals surface area (Å²) in [5.41, 5.74) is 7.27. The average Bonchev–Trinajstić information content (AvgIpc) is 2.29. The molecular formula is C15H27N3. The SMILES string of the molecule is CC(C)(CCN)CNCC(C)(C)c1cccnc1. The van der Waals surface area contributed by atoms with E-state index in [1.807, 2.05) is 18.5 Å². The Labute approximate surface area is 111 Å². The molecule has 0 radical (unpaired) electrons. The predicted octanol–water partition coefficient (Wildman–Crippen LogP) is 2.32. The molecule has 1 heterocycles. The molecule has 0 aliphatic rings. The minimum atomic E-state index is 0.104. The number of aromatic nitrogens is 1. The Hall–Kier alpha value is -0.930. The molecule has 0 aliphatic heterocycles. The third-order valence-electron chi connectivity index (χ3n) is 3.43. The molecule has 0 spiro atoms. The van der Waals surface area contributed by atoms with Crippen molar-refractivity contribution in [2.75, 3.05) is 19.6 Å². The van der Waals surface area contributed by atoms with Crippen molar-refractivity contribution in [1.82, 2.24) is 10.3 Å². The summed E-state index contributed by atoms with van der Waals surface area (Å²) in [4.78, 5) is 4.19. The van der Waals surface area contributed by atoms with Crippen LogP contribution in [0.1, 0.15) is 39.7 Å². The molecule has 0 saturated carbocycles. The van der Waals surface area contributed by atoms with Gasteiger partial charge in [0.15, 0.2) is 0 Å². The van der Waals surface area contributed by atoms with E-state index in [0.717, 1.165) is 26.1 Å². The maximum atomic E-state index is 5.63. The van der Waals surface area contributed by atoms with E-state index < -0.39 is 0 Å². The van der Waals surface area contributed by atoms with Gasteiger partial charge in [-0.1, -0.05) is 33.8 Å². The lowest BCUT2D eigenvalue weighted by Crippen LogP contribution is -2.38. The second kappa shape index (κ2) is 6.30. The van der Waals surface area contributed by atoms with E-state index >= 15 is 0 Å². The molecule has 3 N–H and O–H groups in total.